The molecule has 1 rings (SSSR count). The van der Waals surface area contributed by atoms with E-state index in [1.807, 2.05) is 6.26 Å². The van der Waals surface area contributed by atoms with E-state index in [-0.39, 0.29) is 12.5 Å². The van der Waals surface area contributed by atoms with Crippen molar-refractivity contribution in [2.75, 3.05) is 18.6 Å². The first-order valence-electron chi connectivity index (χ1n) is 6.75. The molecule has 1 aromatic rings. The fourth-order valence-electron chi connectivity index (χ4n) is 1.73. The van der Waals surface area contributed by atoms with Gasteiger partial charge in [-0.1, -0.05) is 12.1 Å². The van der Waals surface area contributed by atoms with Gasteiger partial charge in [0.15, 0.2) is 0 Å². The van der Waals surface area contributed by atoms with Crippen LogP contribution in [0.3, 0.4) is 0 Å². The number of benzene rings is 1. The van der Waals surface area contributed by atoms with Crippen LogP contribution in [0.5, 0.6) is 0 Å². The van der Waals surface area contributed by atoms with E-state index in [1.165, 1.54) is 11.8 Å². The summed E-state index contributed by atoms with van der Waals surface area (Å²) >= 11 is 2.62. The van der Waals surface area contributed by atoms with Crippen LogP contribution in [0.1, 0.15) is 24.2 Å². The molecule has 122 valence electrons. The second-order valence-electron chi connectivity index (χ2n) is 5.21. The Kier molecular flexibility index (Phi) is 7.25. The number of hydrogen-bond donors (Lipinski definition) is 3. The maximum atomic E-state index is 12.3. The third-order valence-corrected chi connectivity index (χ3v) is 4.94. The van der Waals surface area contributed by atoms with Crippen molar-refractivity contribution in [2.24, 2.45) is 0 Å². The molecule has 5 nitrogen and oxygen atoms in total. The standard InChI is InChI=1S/C15H21NO4S2/c1-10(14(18)19)22-12-7-5-4-6-11(12)13(17)16-8-15(2,20)9-21-3/h4-7,10,20H,8-9H2,1-3H3,(H,16,17)(H,18,19). The molecular formula is C15H21NO4S2. The van der Waals surface area contributed by atoms with Crippen LogP contribution in [0.25, 0.3) is 0 Å². The van der Waals surface area contributed by atoms with Crippen LogP contribution in [0, 0.1) is 0 Å². The van der Waals surface area contributed by atoms with Crippen LogP contribution in [-0.4, -0.2) is 51.5 Å². The molecule has 0 fully saturated rings. The number of thioether (sulfide) groups is 2. The van der Waals surface area contributed by atoms with Gasteiger partial charge in [-0.05, 0) is 32.2 Å². The van der Waals surface area contributed by atoms with Crippen molar-refractivity contribution in [3.8, 4) is 0 Å². The first kappa shape index (κ1) is 18.9. The maximum Gasteiger partial charge on any atom is 0.316 e. The number of carbonyl (C=O) groups excluding carboxylic acids is 1. The Balaban J connectivity index is 2.79. The molecule has 1 amide bonds. The predicted octanol–water partition coefficient (Wildman–Crippen LogP) is 2.10. The van der Waals surface area contributed by atoms with E-state index in [2.05, 4.69) is 5.32 Å². The number of carbonyl (C=O) groups is 2. The molecule has 0 aliphatic carbocycles. The third-order valence-electron chi connectivity index (χ3n) is 2.87. The molecule has 2 unspecified atom stereocenters. The summed E-state index contributed by atoms with van der Waals surface area (Å²) in [5.74, 6) is -0.732. The number of nitrogens with one attached hydrogen (secondary N) is 1. The first-order valence-corrected chi connectivity index (χ1v) is 9.02. The van der Waals surface area contributed by atoms with Crippen molar-refractivity contribution in [1.82, 2.24) is 5.32 Å². The van der Waals surface area contributed by atoms with Gasteiger partial charge in [0.2, 0.25) is 0 Å². The van der Waals surface area contributed by atoms with E-state index in [0.717, 1.165) is 11.8 Å². The first-order chi connectivity index (χ1) is 10.3. The number of amides is 1. The van der Waals surface area contributed by atoms with E-state index in [0.29, 0.717) is 16.2 Å². The highest BCUT2D eigenvalue weighted by Gasteiger charge is 2.22. The fourth-order valence-corrected chi connectivity index (χ4v) is 3.38. The normalized spacial score (nSPS) is 14.9. The average molecular weight is 343 g/mol. The van der Waals surface area contributed by atoms with E-state index in [9.17, 15) is 14.7 Å². The predicted molar refractivity (Wildman–Crippen MR) is 90.7 cm³/mol. The molecule has 3 N–H and O–H groups in total. The van der Waals surface area contributed by atoms with Gasteiger partial charge in [0.05, 0.1) is 11.2 Å². The molecular weight excluding hydrogens is 322 g/mol. The lowest BCUT2D eigenvalue weighted by Crippen LogP contribution is -2.42. The number of aliphatic carboxylic acids is 1. The molecule has 0 bridgehead atoms. The van der Waals surface area contributed by atoms with Crippen LogP contribution in [0.15, 0.2) is 29.2 Å². The number of carboxylic acids is 1. The van der Waals surface area contributed by atoms with Crippen LogP contribution >= 0.6 is 23.5 Å². The zero-order valence-electron chi connectivity index (χ0n) is 12.8. The second kappa shape index (κ2) is 8.45. The molecule has 0 aliphatic rings. The molecule has 0 saturated carbocycles. The van der Waals surface area contributed by atoms with Crippen molar-refractivity contribution in [2.45, 2.75) is 29.6 Å². The van der Waals surface area contributed by atoms with Gasteiger partial charge < -0.3 is 15.5 Å². The lowest BCUT2D eigenvalue weighted by atomic mass is 10.1. The number of aliphatic hydroxyl groups is 1. The van der Waals surface area contributed by atoms with E-state index < -0.39 is 16.8 Å². The molecule has 1 aromatic carbocycles. The van der Waals surface area contributed by atoms with Gasteiger partial charge in [0, 0.05) is 17.2 Å². The van der Waals surface area contributed by atoms with Gasteiger partial charge in [0.25, 0.3) is 5.91 Å². The van der Waals surface area contributed by atoms with Gasteiger partial charge in [-0.25, -0.2) is 0 Å². The van der Waals surface area contributed by atoms with Crippen LogP contribution < -0.4 is 5.32 Å². The fraction of sp³-hybridized carbons (Fsp3) is 0.467. The molecule has 2 atom stereocenters. The number of rotatable bonds is 8. The lowest BCUT2D eigenvalue weighted by Gasteiger charge is -2.22. The van der Waals surface area contributed by atoms with Gasteiger partial charge >= 0.3 is 5.97 Å². The second-order valence-corrected chi connectivity index (χ2v) is 7.46. The van der Waals surface area contributed by atoms with E-state index >= 15 is 0 Å². The highest BCUT2D eigenvalue weighted by atomic mass is 32.2. The molecule has 0 saturated heterocycles. The topological polar surface area (TPSA) is 86.6 Å². The zero-order valence-corrected chi connectivity index (χ0v) is 14.5. The monoisotopic (exact) mass is 343 g/mol. The van der Waals surface area contributed by atoms with Crippen LogP contribution in [0.4, 0.5) is 0 Å². The van der Waals surface area contributed by atoms with Gasteiger partial charge in [-0.3, -0.25) is 9.59 Å². The van der Waals surface area contributed by atoms with E-state index in [1.54, 1.807) is 38.1 Å². The molecule has 7 heteroatoms. The lowest BCUT2D eigenvalue weighted by molar-refractivity contribution is -0.136. The molecule has 22 heavy (non-hydrogen) atoms. The minimum atomic E-state index is -0.981. The van der Waals surface area contributed by atoms with Gasteiger partial charge in [-0.15, -0.1) is 11.8 Å². The van der Waals surface area contributed by atoms with Crippen molar-refractivity contribution in [3.63, 3.8) is 0 Å². The summed E-state index contributed by atoms with van der Waals surface area (Å²) in [7, 11) is 0. The molecule has 0 aliphatic heterocycles. The summed E-state index contributed by atoms with van der Waals surface area (Å²) in [6, 6.07) is 6.86. The van der Waals surface area contributed by atoms with Gasteiger partial charge in [-0.2, -0.15) is 11.8 Å². The zero-order chi connectivity index (χ0) is 16.8. The van der Waals surface area contributed by atoms with Crippen LogP contribution in [0.2, 0.25) is 0 Å². The Morgan fingerprint density at radius 3 is 2.59 bits per heavy atom. The summed E-state index contributed by atoms with van der Waals surface area (Å²) in [5.41, 5.74) is -0.563. The number of carboxylic acid groups (broad SMARTS) is 1. The van der Waals surface area contributed by atoms with Crippen molar-refractivity contribution in [3.05, 3.63) is 29.8 Å². The Bertz CT molecular complexity index is 534. The Hall–Kier alpha value is -1.18. The van der Waals surface area contributed by atoms with Crippen LogP contribution in [-0.2, 0) is 4.79 Å². The third kappa shape index (κ3) is 5.90. The molecule has 0 radical (unpaired) electrons. The van der Waals surface area contributed by atoms with Gasteiger partial charge in [0.1, 0.15) is 5.25 Å². The molecule has 0 aromatic heterocycles. The van der Waals surface area contributed by atoms with Crippen molar-refractivity contribution < 1.29 is 19.8 Å². The quantitative estimate of drug-likeness (QED) is 0.627. The Morgan fingerprint density at radius 2 is 2.00 bits per heavy atom. The smallest absolute Gasteiger partial charge is 0.316 e. The largest absolute Gasteiger partial charge is 0.480 e. The number of hydrogen-bond acceptors (Lipinski definition) is 5. The molecule has 0 spiro atoms. The van der Waals surface area contributed by atoms with Crippen molar-refractivity contribution >= 4 is 35.4 Å². The Labute approximate surface area is 138 Å². The highest BCUT2D eigenvalue weighted by Crippen LogP contribution is 2.27. The summed E-state index contributed by atoms with van der Waals surface area (Å²) in [4.78, 5) is 23.8. The summed E-state index contributed by atoms with van der Waals surface area (Å²) in [6.07, 6.45) is 1.88. The summed E-state index contributed by atoms with van der Waals surface area (Å²) in [6.45, 7) is 3.38. The van der Waals surface area contributed by atoms with Crippen molar-refractivity contribution in [1.29, 1.82) is 0 Å². The highest BCUT2D eigenvalue weighted by molar-refractivity contribution is 8.00. The maximum absolute atomic E-state index is 12.3. The minimum absolute atomic E-state index is 0.139. The average Bonchev–Trinajstić information content (AvgIpc) is 2.45. The Morgan fingerprint density at radius 1 is 1.36 bits per heavy atom. The summed E-state index contributed by atoms with van der Waals surface area (Å²) < 4.78 is 0. The summed E-state index contributed by atoms with van der Waals surface area (Å²) in [5, 5.41) is 21.1. The van der Waals surface area contributed by atoms with E-state index in [4.69, 9.17) is 5.11 Å². The molecule has 0 heterocycles. The minimum Gasteiger partial charge on any atom is -0.480 e. The SMILES string of the molecule is CSCC(C)(O)CNC(=O)c1ccccc1SC(C)C(=O)O.